The number of ether oxygens (including phenoxy) is 2. The molecule has 0 aliphatic heterocycles. The lowest BCUT2D eigenvalue weighted by molar-refractivity contribution is -0.0512. The number of alkyl halides is 2. The Hall–Kier alpha value is -4.09. The van der Waals surface area contributed by atoms with E-state index in [0.717, 1.165) is 4.68 Å². The SMILES string of the molecule is COc1cc(-c2noc(Cn3nc(-c4ccc(F)cc4)oc3=O)n2)ccc1OC(F)F. The third kappa shape index (κ3) is 4.42. The van der Waals surface area contributed by atoms with Gasteiger partial charge in [-0.25, -0.2) is 9.18 Å². The number of halogens is 3. The van der Waals surface area contributed by atoms with Gasteiger partial charge in [0, 0.05) is 11.1 Å². The van der Waals surface area contributed by atoms with Crippen LogP contribution >= 0.6 is 0 Å². The van der Waals surface area contributed by atoms with Crippen molar-refractivity contribution >= 4 is 0 Å². The van der Waals surface area contributed by atoms with Gasteiger partial charge in [0.25, 0.3) is 0 Å². The van der Waals surface area contributed by atoms with Crippen molar-refractivity contribution in [2.75, 3.05) is 7.11 Å². The van der Waals surface area contributed by atoms with Gasteiger partial charge < -0.3 is 18.4 Å². The van der Waals surface area contributed by atoms with Crippen molar-refractivity contribution in [3.05, 3.63) is 64.7 Å². The highest BCUT2D eigenvalue weighted by Crippen LogP contribution is 2.32. The molecule has 0 saturated heterocycles. The summed E-state index contributed by atoms with van der Waals surface area (Å²) in [5, 5.41) is 7.84. The third-order valence-electron chi connectivity index (χ3n) is 4.09. The van der Waals surface area contributed by atoms with E-state index in [9.17, 15) is 18.0 Å². The zero-order chi connectivity index (χ0) is 22.0. The predicted molar refractivity (Wildman–Crippen MR) is 98.2 cm³/mol. The van der Waals surface area contributed by atoms with Crippen molar-refractivity contribution in [3.8, 4) is 34.3 Å². The predicted octanol–water partition coefficient (Wildman–Crippen LogP) is 3.35. The Bertz CT molecular complexity index is 1250. The van der Waals surface area contributed by atoms with Gasteiger partial charge >= 0.3 is 12.4 Å². The monoisotopic (exact) mass is 434 g/mol. The normalized spacial score (nSPS) is 11.1. The standard InChI is InChI=1S/C19H13F3N4O5/c1-28-14-8-11(4-7-13(14)29-18(21)22)16-23-15(31-25-16)9-26-19(27)30-17(24-26)10-2-5-12(20)6-3-10/h2-8,18H,9H2,1H3. The van der Waals surface area contributed by atoms with Gasteiger partial charge in [0.05, 0.1) is 7.11 Å². The molecule has 0 aliphatic carbocycles. The molecule has 9 nitrogen and oxygen atoms in total. The fourth-order valence-corrected chi connectivity index (χ4v) is 2.68. The molecular formula is C19H13F3N4O5. The Labute approximate surface area is 171 Å². The Balaban J connectivity index is 1.55. The zero-order valence-corrected chi connectivity index (χ0v) is 15.8. The maximum absolute atomic E-state index is 13.0. The molecule has 0 amide bonds. The molecule has 12 heteroatoms. The molecule has 0 saturated carbocycles. The lowest BCUT2D eigenvalue weighted by atomic mass is 10.2. The minimum atomic E-state index is -3.00. The fraction of sp³-hybridized carbons (Fsp3) is 0.158. The first-order valence-corrected chi connectivity index (χ1v) is 8.72. The molecule has 2 heterocycles. The van der Waals surface area contributed by atoms with Gasteiger partial charge in [-0.3, -0.25) is 0 Å². The van der Waals surface area contributed by atoms with E-state index in [0.29, 0.717) is 11.1 Å². The van der Waals surface area contributed by atoms with Crippen LogP contribution in [-0.2, 0) is 6.54 Å². The minimum Gasteiger partial charge on any atom is -0.493 e. The number of hydrogen-bond donors (Lipinski definition) is 0. The third-order valence-corrected chi connectivity index (χ3v) is 4.09. The molecule has 2 aromatic carbocycles. The first-order chi connectivity index (χ1) is 14.9. The molecule has 0 unspecified atom stereocenters. The second-order valence-corrected chi connectivity index (χ2v) is 6.09. The van der Waals surface area contributed by atoms with Gasteiger partial charge in [0.15, 0.2) is 11.5 Å². The zero-order valence-electron chi connectivity index (χ0n) is 15.8. The van der Waals surface area contributed by atoms with Crippen LogP contribution in [0.1, 0.15) is 5.89 Å². The van der Waals surface area contributed by atoms with Crippen LogP contribution in [-0.4, -0.2) is 33.6 Å². The second kappa shape index (κ2) is 8.34. The second-order valence-electron chi connectivity index (χ2n) is 6.09. The summed E-state index contributed by atoms with van der Waals surface area (Å²) in [5.41, 5.74) is 0.828. The quantitative estimate of drug-likeness (QED) is 0.436. The minimum absolute atomic E-state index is 0.00379. The first kappa shape index (κ1) is 20.2. The van der Waals surface area contributed by atoms with E-state index >= 15 is 0 Å². The Kier molecular flexibility index (Phi) is 5.43. The van der Waals surface area contributed by atoms with Crippen molar-refractivity contribution in [2.24, 2.45) is 0 Å². The highest BCUT2D eigenvalue weighted by molar-refractivity contribution is 5.60. The largest absolute Gasteiger partial charge is 0.493 e. The van der Waals surface area contributed by atoms with E-state index in [1.54, 1.807) is 0 Å². The summed E-state index contributed by atoms with van der Waals surface area (Å²) < 4.78 is 58.5. The van der Waals surface area contributed by atoms with E-state index in [1.807, 2.05) is 0 Å². The molecule has 0 atom stereocenters. The molecular weight excluding hydrogens is 421 g/mol. The van der Waals surface area contributed by atoms with Crippen molar-refractivity contribution < 1.29 is 31.6 Å². The van der Waals surface area contributed by atoms with Gasteiger partial charge in [-0.1, -0.05) is 5.16 Å². The van der Waals surface area contributed by atoms with Crippen LogP contribution < -0.4 is 15.2 Å². The molecule has 4 rings (SSSR count). The molecule has 2 aromatic heterocycles. The van der Waals surface area contributed by atoms with Crippen LogP contribution in [0.3, 0.4) is 0 Å². The number of hydrogen-bond acceptors (Lipinski definition) is 8. The van der Waals surface area contributed by atoms with Crippen molar-refractivity contribution in [1.82, 2.24) is 19.9 Å². The van der Waals surface area contributed by atoms with Crippen LogP contribution in [0.2, 0.25) is 0 Å². The van der Waals surface area contributed by atoms with E-state index in [2.05, 4.69) is 20.0 Å². The lowest BCUT2D eigenvalue weighted by Gasteiger charge is -2.10. The summed E-state index contributed by atoms with van der Waals surface area (Å²) in [7, 11) is 1.30. The number of benzene rings is 2. The van der Waals surface area contributed by atoms with Crippen molar-refractivity contribution in [3.63, 3.8) is 0 Å². The number of nitrogens with zero attached hydrogens (tertiary/aromatic N) is 4. The fourth-order valence-electron chi connectivity index (χ4n) is 2.68. The topological polar surface area (TPSA) is 105 Å². The maximum Gasteiger partial charge on any atom is 0.437 e. The molecule has 160 valence electrons. The number of rotatable bonds is 7. The van der Waals surface area contributed by atoms with Crippen molar-refractivity contribution in [2.45, 2.75) is 13.2 Å². The molecule has 0 fully saturated rings. The first-order valence-electron chi connectivity index (χ1n) is 8.72. The van der Waals surface area contributed by atoms with Crippen LogP contribution in [0.15, 0.2) is 56.2 Å². The molecule has 0 radical (unpaired) electrons. The van der Waals surface area contributed by atoms with Gasteiger partial charge in [-0.05, 0) is 42.5 Å². The van der Waals surface area contributed by atoms with E-state index in [-0.39, 0.29) is 35.6 Å². The van der Waals surface area contributed by atoms with Crippen LogP contribution in [0.25, 0.3) is 22.8 Å². The highest BCUT2D eigenvalue weighted by Gasteiger charge is 2.17. The lowest BCUT2D eigenvalue weighted by Crippen LogP contribution is -2.16. The van der Waals surface area contributed by atoms with Gasteiger partial charge in [-0.15, -0.1) is 5.10 Å². The molecule has 0 bridgehead atoms. The average Bonchev–Trinajstić information content (AvgIpc) is 3.36. The summed E-state index contributed by atoms with van der Waals surface area (Å²) >= 11 is 0. The van der Waals surface area contributed by atoms with E-state index in [4.69, 9.17) is 13.7 Å². The van der Waals surface area contributed by atoms with Crippen LogP contribution in [0.5, 0.6) is 11.5 Å². The molecule has 4 aromatic rings. The molecule has 31 heavy (non-hydrogen) atoms. The molecule has 0 aliphatic rings. The van der Waals surface area contributed by atoms with E-state index < -0.39 is 18.2 Å². The van der Waals surface area contributed by atoms with Gasteiger partial charge in [0.2, 0.25) is 17.6 Å². The van der Waals surface area contributed by atoms with E-state index in [1.165, 1.54) is 49.6 Å². The Morgan fingerprint density at radius 3 is 2.55 bits per heavy atom. The summed E-state index contributed by atoms with van der Waals surface area (Å²) in [6.45, 7) is -3.18. The summed E-state index contributed by atoms with van der Waals surface area (Å²) in [5.74, 6) is -1.11. The highest BCUT2D eigenvalue weighted by atomic mass is 19.3. The summed E-state index contributed by atoms with van der Waals surface area (Å²) in [6, 6.07) is 9.41. The number of methoxy groups -OCH3 is 1. The molecule has 0 N–H and O–H groups in total. The van der Waals surface area contributed by atoms with Gasteiger partial charge in [-0.2, -0.15) is 18.4 Å². The number of aromatic nitrogens is 4. The van der Waals surface area contributed by atoms with Crippen LogP contribution in [0, 0.1) is 5.82 Å². The van der Waals surface area contributed by atoms with Gasteiger partial charge in [0.1, 0.15) is 12.4 Å². The smallest absolute Gasteiger partial charge is 0.437 e. The van der Waals surface area contributed by atoms with Crippen LogP contribution in [0.4, 0.5) is 13.2 Å². The average molecular weight is 434 g/mol. The summed E-state index contributed by atoms with van der Waals surface area (Å²) in [4.78, 5) is 16.2. The Morgan fingerprint density at radius 2 is 1.84 bits per heavy atom. The van der Waals surface area contributed by atoms with Crippen molar-refractivity contribution in [1.29, 1.82) is 0 Å². The summed E-state index contributed by atoms with van der Waals surface area (Å²) in [6.07, 6.45) is 0. The molecule has 0 spiro atoms. The Morgan fingerprint density at radius 1 is 1.10 bits per heavy atom. The maximum atomic E-state index is 13.0.